The number of hydrogen-bond donors (Lipinski definition) is 1. The van der Waals surface area contributed by atoms with Crippen LogP contribution in [0.4, 0.5) is 0 Å². The average Bonchev–Trinajstić information content (AvgIpc) is 2.46. The van der Waals surface area contributed by atoms with Crippen molar-refractivity contribution in [1.29, 1.82) is 0 Å². The molecular formula is C15H30N2O2S. The highest BCUT2D eigenvalue weighted by atomic mass is 32.2. The molecule has 0 amide bonds. The first kappa shape index (κ1) is 16.2. The Hall–Kier alpha value is -0.130. The van der Waals surface area contributed by atoms with Gasteiger partial charge < -0.3 is 5.32 Å². The summed E-state index contributed by atoms with van der Waals surface area (Å²) in [6.07, 6.45) is 8.00. The molecule has 118 valence electrons. The van der Waals surface area contributed by atoms with Crippen molar-refractivity contribution < 1.29 is 8.42 Å². The minimum atomic E-state index is -3.02. The molecule has 2 rings (SSSR count). The Balaban J connectivity index is 1.77. The van der Waals surface area contributed by atoms with Crippen LogP contribution in [0, 0.1) is 11.8 Å². The van der Waals surface area contributed by atoms with Gasteiger partial charge in [0.05, 0.1) is 5.75 Å². The molecule has 4 nitrogen and oxygen atoms in total. The number of piperidine rings is 1. The third-order valence-electron chi connectivity index (χ3n) is 4.90. The molecule has 2 aliphatic rings. The molecular weight excluding hydrogens is 272 g/mol. The summed E-state index contributed by atoms with van der Waals surface area (Å²) in [7, 11) is -3.02. The molecule has 1 heterocycles. The van der Waals surface area contributed by atoms with E-state index in [2.05, 4.69) is 12.2 Å². The van der Waals surface area contributed by atoms with E-state index in [-0.39, 0.29) is 0 Å². The number of nitrogens with one attached hydrogen (secondary N) is 1. The van der Waals surface area contributed by atoms with Crippen molar-refractivity contribution in [3.8, 4) is 0 Å². The molecule has 0 aromatic heterocycles. The molecule has 2 fully saturated rings. The first-order chi connectivity index (χ1) is 9.63. The second-order valence-corrected chi connectivity index (χ2v) is 8.42. The summed E-state index contributed by atoms with van der Waals surface area (Å²) < 4.78 is 26.6. The lowest BCUT2D eigenvalue weighted by Crippen LogP contribution is -2.45. The third kappa shape index (κ3) is 4.43. The van der Waals surface area contributed by atoms with Crippen LogP contribution in [-0.4, -0.2) is 44.7 Å². The normalized spacial score (nSPS) is 28.2. The van der Waals surface area contributed by atoms with Gasteiger partial charge in [0.2, 0.25) is 10.0 Å². The van der Waals surface area contributed by atoms with Gasteiger partial charge in [-0.2, -0.15) is 0 Å². The third-order valence-corrected chi connectivity index (χ3v) is 6.83. The summed E-state index contributed by atoms with van der Waals surface area (Å²) in [5.74, 6) is 1.76. The number of hydrogen-bond acceptors (Lipinski definition) is 3. The van der Waals surface area contributed by atoms with E-state index in [9.17, 15) is 8.42 Å². The molecule has 2 atom stereocenters. The van der Waals surface area contributed by atoms with Crippen molar-refractivity contribution in [2.75, 3.05) is 31.9 Å². The zero-order valence-electron chi connectivity index (χ0n) is 12.8. The van der Waals surface area contributed by atoms with Gasteiger partial charge in [-0.05, 0) is 50.6 Å². The summed E-state index contributed by atoms with van der Waals surface area (Å²) >= 11 is 0. The monoisotopic (exact) mass is 302 g/mol. The van der Waals surface area contributed by atoms with E-state index in [0.717, 1.165) is 51.4 Å². The summed E-state index contributed by atoms with van der Waals surface area (Å²) in [6, 6.07) is 0. The van der Waals surface area contributed by atoms with Crippen LogP contribution in [0.2, 0.25) is 0 Å². The van der Waals surface area contributed by atoms with Crippen LogP contribution in [0.25, 0.3) is 0 Å². The Morgan fingerprint density at radius 1 is 1.10 bits per heavy atom. The van der Waals surface area contributed by atoms with Crippen molar-refractivity contribution >= 4 is 10.0 Å². The number of nitrogens with zero attached hydrogens (tertiary/aromatic N) is 1. The van der Waals surface area contributed by atoms with Gasteiger partial charge in [-0.3, -0.25) is 0 Å². The number of sulfonamides is 1. The van der Waals surface area contributed by atoms with E-state index in [4.69, 9.17) is 0 Å². The fourth-order valence-electron chi connectivity index (χ4n) is 3.66. The second kappa shape index (κ2) is 7.76. The van der Waals surface area contributed by atoms with E-state index in [1.54, 1.807) is 4.31 Å². The maximum absolute atomic E-state index is 12.4. The highest BCUT2D eigenvalue weighted by Crippen LogP contribution is 2.36. The van der Waals surface area contributed by atoms with Crippen LogP contribution >= 0.6 is 0 Å². The molecule has 0 bridgehead atoms. The molecule has 0 aromatic rings. The Morgan fingerprint density at radius 3 is 2.60 bits per heavy atom. The maximum Gasteiger partial charge on any atom is 0.214 e. The SMILES string of the molecule is CCNCCCCS(=O)(=O)N1CCC2CCCCC2C1. The van der Waals surface area contributed by atoms with Gasteiger partial charge in [-0.25, -0.2) is 12.7 Å². The standard InChI is InChI=1S/C15H30N2O2S/c1-2-16-10-5-6-12-20(18,19)17-11-9-14-7-3-4-8-15(14)13-17/h14-16H,2-13H2,1H3. The minimum absolute atomic E-state index is 0.329. The van der Waals surface area contributed by atoms with E-state index < -0.39 is 10.0 Å². The molecule has 1 aliphatic heterocycles. The minimum Gasteiger partial charge on any atom is -0.317 e. The lowest BCUT2D eigenvalue weighted by molar-refractivity contribution is 0.136. The zero-order valence-corrected chi connectivity index (χ0v) is 13.6. The van der Waals surface area contributed by atoms with E-state index in [1.165, 1.54) is 25.7 Å². The Morgan fingerprint density at radius 2 is 1.85 bits per heavy atom. The van der Waals surface area contributed by atoms with Crippen LogP contribution in [-0.2, 0) is 10.0 Å². The lowest BCUT2D eigenvalue weighted by Gasteiger charge is -2.40. The van der Waals surface area contributed by atoms with Gasteiger partial charge in [0.15, 0.2) is 0 Å². The quantitative estimate of drug-likeness (QED) is 0.734. The molecule has 1 saturated heterocycles. The van der Waals surface area contributed by atoms with Crippen molar-refractivity contribution in [3.63, 3.8) is 0 Å². The predicted molar refractivity (Wildman–Crippen MR) is 83.2 cm³/mol. The number of fused-ring (bicyclic) bond motifs is 1. The highest BCUT2D eigenvalue weighted by Gasteiger charge is 2.35. The van der Waals surface area contributed by atoms with Crippen molar-refractivity contribution in [2.24, 2.45) is 11.8 Å². The van der Waals surface area contributed by atoms with Gasteiger partial charge >= 0.3 is 0 Å². The fraction of sp³-hybridized carbons (Fsp3) is 1.00. The summed E-state index contributed by atoms with van der Waals surface area (Å²) in [6.45, 7) is 5.51. The largest absolute Gasteiger partial charge is 0.317 e. The number of unbranched alkanes of at least 4 members (excludes halogenated alkanes) is 1. The van der Waals surface area contributed by atoms with Crippen molar-refractivity contribution in [3.05, 3.63) is 0 Å². The van der Waals surface area contributed by atoms with Gasteiger partial charge in [0.1, 0.15) is 0 Å². The maximum atomic E-state index is 12.4. The topological polar surface area (TPSA) is 49.4 Å². The molecule has 2 unspecified atom stereocenters. The van der Waals surface area contributed by atoms with Gasteiger partial charge in [-0.15, -0.1) is 0 Å². The van der Waals surface area contributed by atoms with Crippen molar-refractivity contribution in [2.45, 2.75) is 51.9 Å². The lowest BCUT2D eigenvalue weighted by atomic mass is 9.76. The summed E-state index contributed by atoms with van der Waals surface area (Å²) in [4.78, 5) is 0. The molecule has 0 radical (unpaired) electrons. The van der Waals surface area contributed by atoms with Crippen LogP contribution in [0.1, 0.15) is 51.9 Å². The molecule has 1 N–H and O–H groups in total. The molecule has 1 saturated carbocycles. The Bertz CT molecular complexity index is 383. The highest BCUT2D eigenvalue weighted by molar-refractivity contribution is 7.89. The van der Waals surface area contributed by atoms with Crippen LogP contribution in [0.15, 0.2) is 0 Å². The van der Waals surface area contributed by atoms with Crippen LogP contribution < -0.4 is 5.32 Å². The summed E-state index contributed by atoms with van der Waals surface area (Å²) in [5, 5.41) is 3.24. The zero-order chi connectivity index (χ0) is 14.4. The molecule has 1 aliphatic carbocycles. The predicted octanol–water partition coefficient (Wildman–Crippen LogP) is 2.22. The first-order valence-corrected chi connectivity index (χ1v) is 9.93. The van der Waals surface area contributed by atoms with Gasteiger partial charge in [0.25, 0.3) is 0 Å². The second-order valence-electron chi connectivity index (χ2n) is 6.33. The van der Waals surface area contributed by atoms with Crippen LogP contribution in [0.3, 0.4) is 0 Å². The van der Waals surface area contributed by atoms with Gasteiger partial charge in [-0.1, -0.05) is 26.2 Å². The van der Waals surface area contributed by atoms with E-state index in [0.29, 0.717) is 11.7 Å². The van der Waals surface area contributed by atoms with Gasteiger partial charge in [0, 0.05) is 13.1 Å². The average molecular weight is 302 g/mol. The smallest absolute Gasteiger partial charge is 0.214 e. The Kier molecular flexibility index (Phi) is 6.30. The molecule has 5 heteroatoms. The van der Waals surface area contributed by atoms with E-state index in [1.807, 2.05) is 0 Å². The summed E-state index contributed by atoms with van der Waals surface area (Å²) in [5.41, 5.74) is 0. The van der Waals surface area contributed by atoms with Crippen molar-refractivity contribution in [1.82, 2.24) is 9.62 Å². The Labute approximate surface area is 124 Å². The first-order valence-electron chi connectivity index (χ1n) is 8.32. The number of rotatable bonds is 7. The van der Waals surface area contributed by atoms with E-state index >= 15 is 0 Å². The molecule has 0 spiro atoms. The molecule has 20 heavy (non-hydrogen) atoms. The molecule has 0 aromatic carbocycles. The van der Waals surface area contributed by atoms with Crippen LogP contribution in [0.5, 0.6) is 0 Å². The fourth-order valence-corrected chi connectivity index (χ4v) is 5.29.